The summed E-state index contributed by atoms with van der Waals surface area (Å²) in [7, 11) is 0. The van der Waals surface area contributed by atoms with Gasteiger partial charge in [-0.15, -0.1) is 11.8 Å². The number of benzene rings is 1. The first-order valence-corrected chi connectivity index (χ1v) is 7.70. The standard InChI is InChI=1S/C15H19NO2S/c1-8-9(2)13(10-5-4-6-10)12(14(16)19-3)7-11(8)15(17)18/h7,10,16H,4-6H2,1-3H3,(H,17,18). The first-order chi connectivity index (χ1) is 8.97. The van der Waals surface area contributed by atoms with Gasteiger partial charge < -0.3 is 5.11 Å². The van der Waals surface area contributed by atoms with Crippen molar-refractivity contribution in [3.63, 3.8) is 0 Å². The second kappa shape index (κ2) is 5.37. The predicted octanol–water partition coefficient (Wildman–Crippen LogP) is 3.96. The zero-order valence-corrected chi connectivity index (χ0v) is 12.4. The summed E-state index contributed by atoms with van der Waals surface area (Å²) >= 11 is 1.37. The van der Waals surface area contributed by atoms with Crippen molar-refractivity contribution in [3.8, 4) is 0 Å². The molecule has 0 spiro atoms. The van der Waals surface area contributed by atoms with Crippen molar-refractivity contribution in [1.29, 1.82) is 5.41 Å². The molecule has 0 radical (unpaired) electrons. The van der Waals surface area contributed by atoms with Gasteiger partial charge in [0, 0.05) is 5.56 Å². The van der Waals surface area contributed by atoms with E-state index in [1.54, 1.807) is 6.07 Å². The maximum Gasteiger partial charge on any atom is 0.335 e. The second-order valence-electron chi connectivity index (χ2n) is 5.10. The van der Waals surface area contributed by atoms with Crippen molar-refractivity contribution in [2.24, 2.45) is 0 Å². The molecule has 1 aliphatic rings. The highest BCUT2D eigenvalue weighted by Crippen LogP contribution is 2.41. The number of rotatable bonds is 3. The predicted molar refractivity (Wildman–Crippen MR) is 79.8 cm³/mol. The number of hydrogen-bond acceptors (Lipinski definition) is 3. The van der Waals surface area contributed by atoms with Gasteiger partial charge in [-0.25, -0.2) is 4.79 Å². The van der Waals surface area contributed by atoms with Gasteiger partial charge >= 0.3 is 5.97 Å². The average molecular weight is 277 g/mol. The van der Waals surface area contributed by atoms with Crippen molar-refractivity contribution in [2.45, 2.75) is 39.0 Å². The molecule has 0 unspecified atom stereocenters. The highest BCUT2D eigenvalue weighted by Gasteiger charge is 2.27. The van der Waals surface area contributed by atoms with Gasteiger partial charge in [0.05, 0.1) is 10.6 Å². The Morgan fingerprint density at radius 3 is 2.37 bits per heavy atom. The summed E-state index contributed by atoms with van der Waals surface area (Å²) in [6, 6.07) is 1.69. The highest BCUT2D eigenvalue weighted by atomic mass is 32.2. The van der Waals surface area contributed by atoms with Gasteiger partial charge in [0.2, 0.25) is 0 Å². The van der Waals surface area contributed by atoms with Crippen LogP contribution in [0, 0.1) is 19.3 Å². The topological polar surface area (TPSA) is 61.2 Å². The molecule has 1 fully saturated rings. The van der Waals surface area contributed by atoms with Crippen LogP contribution >= 0.6 is 11.8 Å². The van der Waals surface area contributed by atoms with Gasteiger partial charge in [-0.2, -0.15) is 0 Å². The Kier molecular flexibility index (Phi) is 3.99. The molecule has 0 heterocycles. The smallest absolute Gasteiger partial charge is 0.335 e. The third kappa shape index (κ3) is 2.41. The Morgan fingerprint density at radius 2 is 1.95 bits per heavy atom. The van der Waals surface area contributed by atoms with Gasteiger partial charge in [-0.3, -0.25) is 5.41 Å². The molecule has 1 saturated carbocycles. The van der Waals surface area contributed by atoms with Crippen LogP contribution in [0.15, 0.2) is 6.07 Å². The van der Waals surface area contributed by atoms with Crippen LogP contribution in [0.1, 0.15) is 57.8 Å². The maximum atomic E-state index is 11.3. The summed E-state index contributed by atoms with van der Waals surface area (Å²) in [5, 5.41) is 17.8. The van der Waals surface area contributed by atoms with Crippen LogP contribution in [0.2, 0.25) is 0 Å². The van der Waals surface area contributed by atoms with Crippen molar-refractivity contribution in [2.75, 3.05) is 6.26 Å². The number of hydrogen-bond donors (Lipinski definition) is 2. The third-order valence-corrected chi connectivity index (χ3v) is 4.77. The van der Waals surface area contributed by atoms with Crippen molar-refractivity contribution >= 4 is 22.8 Å². The molecule has 1 aromatic carbocycles. The minimum absolute atomic E-state index is 0.328. The summed E-state index contributed by atoms with van der Waals surface area (Å²) in [6.45, 7) is 3.86. The van der Waals surface area contributed by atoms with Crippen molar-refractivity contribution < 1.29 is 9.90 Å². The molecule has 0 saturated heterocycles. The van der Waals surface area contributed by atoms with E-state index in [1.165, 1.54) is 23.7 Å². The molecule has 19 heavy (non-hydrogen) atoms. The van der Waals surface area contributed by atoms with Crippen LogP contribution in [0.4, 0.5) is 0 Å². The van der Waals surface area contributed by atoms with Gasteiger partial charge in [0.15, 0.2) is 0 Å². The minimum Gasteiger partial charge on any atom is -0.478 e. The Bertz CT molecular complexity index is 548. The molecule has 102 valence electrons. The van der Waals surface area contributed by atoms with E-state index in [9.17, 15) is 9.90 Å². The Balaban J connectivity index is 2.66. The van der Waals surface area contributed by atoms with Crippen LogP contribution < -0.4 is 0 Å². The average Bonchev–Trinajstić information content (AvgIpc) is 2.31. The molecule has 1 aromatic rings. The van der Waals surface area contributed by atoms with E-state index in [1.807, 2.05) is 20.1 Å². The lowest BCUT2D eigenvalue weighted by molar-refractivity contribution is 0.0696. The maximum absolute atomic E-state index is 11.3. The molecule has 2 N–H and O–H groups in total. The number of carboxylic acids is 1. The molecule has 0 amide bonds. The molecule has 2 rings (SSSR count). The molecule has 4 heteroatoms. The fourth-order valence-corrected chi connectivity index (χ4v) is 3.07. The van der Waals surface area contributed by atoms with E-state index in [0.717, 1.165) is 29.5 Å². The quantitative estimate of drug-likeness (QED) is 0.649. The SMILES string of the molecule is CSC(=N)c1cc(C(=O)O)c(C)c(C)c1C1CCC1. The van der Waals surface area contributed by atoms with Crippen LogP contribution in [-0.2, 0) is 0 Å². The Hall–Kier alpha value is -1.29. The minimum atomic E-state index is -0.907. The molecule has 1 aliphatic carbocycles. The number of nitrogens with one attached hydrogen (secondary N) is 1. The number of carboxylic acid groups (broad SMARTS) is 1. The first kappa shape index (κ1) is 14.1. The lowest BCUT2D eigenvalue weighted by Crippen LogP contribution is -2.17. The van der Waals surface area contributed by atoms with E-state index in [2.05, 4.69) is 0 Å². The zero-order valence-electron chi connectivity index (χ0n) is 11.5. The number of thioether (sulfide) groups is 1. The first-order valence-electron chi connectivity index (χ1n) is 6.47. The lowest BCUT2D eigenvalue weighted by atomic mass is 9.75. The van der Waals surface area contributed by atoms with Gasteiger partial charge in [-0.1, -0.05) is 6.42 Å². The molecular formula is C15H19NO2S. The van der Waals surface area contributed by atoms with Crippen molar-refractivity contribution in [1.82, 2.24) is 0 Å². The van der Waals surface area contributed by atoms with E-state index >= 15 is 0 Å². The summed E-state index contributed by atoms with van der Waals surface area (Å²) in [6.07, 6.45) is 5.40. The van der Waals surface area contributed by atoms with Crippen LogP contribution in [0.3, 0.4) is 0 Å². The summed E-state index contributed by atoms with van der Waals surface area (Å²) in [4.78, 5) is 11.3. The molecule has 3 nitrogen and oxygen atoms in total. The Labute approximate surface area is 117 Å². The highest BCUT2D eigenvalue weighted by molar-refractivity contribution is 8.13. The molecule has 0 aromatic heterocycles. The van der Waals surface area contributed by atoms with Crippen LogP contribution in [0.25, 0.3) is 0 Å². The van der Waals surface area contributed by atoms with Gasteiger partial charge in [0.1, 0.15) is 0 Å². The van der Waals surface area contributed by atoms with E-state index in [-0.39, 0.29) is 0 Å². The summed E-state index contributed by atoms with van der Waals surface area (Å²) < 4.78 is 0. The molecule has 0 atom stereocenters. The second-order valence-corrected chi connectivity index (χ2v) is 5.92. The van der Waals surface area contributed by atoms with E-state index in [0.29, 0.717) is 16.5 Å². The van der Waals surface area contributed by atoms with Gasteiger partial charge in [0.25, 0.3) is 0 Å². The van der Waals surface area contributed by atoms with Crippen LogP contribution in [-0.4, -0.2) is 22.4 Å². The van der Waals surface area contributed by atoms with Crippen LogP contribution in [0.5, 0.6) is 0 Å². The van der Waals surface area contributed by atoms with E-state index in [4.69, 9.17) is 5.41 Å². The van der Waals surface area contributed by atoms with Gasteiger partial charge in [-0.05, 0) is 61.6 Å². The fraction of sp³-hybridized carbons (Fsp3) is 0.467. The summed E-state index contributed by atoms with van der Waals surface area (Å²) in [5.41, 5.74) is 4.24. The van der Waals surface area contributed by atoms with E-state index < -0.39 is 5.97 Å². The number of carbonyl (C=O) groups is 1. The lowest BCUT2D eigenvalue weighted by Gasteiger charge is -2.30. The fourth-order valence-electron chi connectivity index (χ4n) is 2.68. The zero-order chi connectivity index (χ0) is 14.2. The molecule has 0 bridgehead atoms. The van der Waals surface area contributed by atoms with Crippen molar-refractivity contribution in [3.05, 3.63) is 33.9 Å². The third-order valence-electron chi connectivity index (χ3n) is 4.14. The normalized spacial score (nSPS) is 15.1. The summed E-state index contributed by atoms with van der Waals surface area (Å²) in [5.74, 6) is -0.403. The monoisotopic (exact) mass is 277 g/mol. The molecular weight excluding hydrogens is 258 g/mol. The molecule has 0 aliphatic heterocycles. The Morgan fingerprint density at radius 1 is 1.32 bits per heavy atom. The number of aromatic carboxylic acids is 1. The largest absolute Gasteiger partial charge is 0.478 e.